The quantitative estimate of drug-likeness (QED) is 0.156. The smallest absolute Gasteiger partial charge is 0.273 e. The van der Waals surface area contributed by atoms with Gasteiger partial charge in [0, 0.05) is 29.0 Å². The number of tetrazole rings is 1. The summed E-state index contributed by atoms with van der Waals surface area (Å²) in [4.78, 5) is 4.16. The minimum atomic E-state index is -3.58. The maximum Gasteiger partial charge on any atom is 0.273 e. The van der Waals surface area contributed by atoms with Crippen LogP contribution >= 0.6 is 0 Å². The molecule has 0 aliphatic rings. The first-order valence-electron chi connectivity index (χ1n) is 13.0. The van der Waals surface area contributed by atoms with Gasteiger partial charge >= 0.3 is 0 Å². The third-order valence-electron chi connectivity index (χ3n) is 6.72. The predicted octanol–water partition coefficient (Wildman–Crippen LogP) is 6.14. The molecule has 14 heteroatoms. The van der Waals surface area contributed by atoms with Crippen molar-refractivity contribution in [1.82, 2.24) is 25.2 Å². The second kappa shape index (κ2) is 13.1. The molecule has 5 aromatic rings. The molecular weight excluding hydrogens is 607 g/mol. The Morgan fingerprint density at radius 1 is 0.844 bits per heavy atom. The number of pyridine rings is 1. The van der Waals surface area contributed by atoms with Crippen LogP contribution in [0.25, 0.3) is 0 Å². The molecule has 0 fully saturated rings. The van der Waals surface area contributed by atoms with Crippen molar-refractivity contribution in [1.29, 1.82) is 0 Å². The average molecular weight is 628 g/mol. The van der Waals surface area contributed by atoms with Crippen LogP contribution in [-0.2, 0) is 12.2 Å². The summed E-state index contributed by atoms with van der Waals surface area (Å²) in [7, 11) is 0. The van der Waals surface area contributed by atoms with Crippen molar-refractivity contribution in [2.75, 3.05) is 0 Å². The fourth-order valence-corrected chi connectivity index (χ4v) is 4.47. The Bertz CT molecular complexity index is 1830. The van der Waals surface area contributed by atoms with E-state index in [1.807, 2.05) is 0 Å². The van der Waals surface area contributed by atoms with Crippen LogP contribution in [0.4, 0.5) is 30.7 Å². The lowest BCUT2D eigenvalue weighted by atomic mass is 9.84. The molecule has 45 heavy (non-hydrogen) atoms. The summed E-state index contributed by atoms with van der Waals surface area (Å²) in [6.07, 6.45) is -4.29. The summed E-state index contributed by atoms with van der Waals surface area (Å²) in [5, 5.41) is 21.7. The highest BCUT2D eigenvalue weighted by atomic mass is 19.3. The molecule has 0 aliphatic heterocycles. The van der Waals surface area contributed by atoms with Gasteiger partial charge in [-0.3, -0.25) is 4.98 Å². The van der Waals surface area contributed by atoms with Gasteiger partial charge in [0.25, 0.3) is 12.9 Å². The normalized spacial score (nSPS) is 13.3. The summed E-state index contributed by atoms with van der Waals surface area (Å²) in [5.74, 6) is 2.73. The van der Waals surface area contributed by atoms with Crippen molar-refractivity contribution in [3.63, 3.8) is 0 Å². The second-order valence-corrected chi connectivity index (χ2v) is 9.63. The Labute approximate surface area is 250 Å². The zero-order valence-corrected chi connectivity index (χ0v) is 22.8. The summed E-state index contributed by atoms with van der Waals surface area (Å²) >= 11 is 0. The van der Waals surface area contributed by atoms with E-state index in [-0.39, 0.29) is 12.3 Å². The number of benzene rings is 3. The summed E-state index contributed by atoms with van der Waals surface area (Å²) in [5.41, 5.74) is -3.69. The number of aromatic nitrogens is 5. The molecule has 3 aromatic carbocycles. The fourth-order valence-electron chi connectivity index (χ4n) is 4.47. The maximum absolute atomic E-state index is 14.7. The lowest BCUT2D eigenvalue weighted by Crippen LogP contribution is -2.45. The van der Waals surface area contributed by atoms with Crippen LogP contribution < -0.4 is 4.74 Å². The minimum Gasteiger partial charge on any atom is -0.489 e. The SMILES string of the molecule is OC(c1ccc(F)cc1F)(C(F)F)C(c1ccc(C#Cc2ccc(OCc3ccc(C(F)F)c(F)c3)cc2)cn1)n1cnnn1. The van der Waals surface area contributed by atoms with Gasteiger partial charge in [-0.1, -0.05) is 17.9 Å². The van der Waals surface area contributed by atoms with Gasteiger partial charge in [-0.2, -0.15) is 0 Å². The van der Waals surface area contributed by atoms with E-state index in [4.69, 9.17) is 4.74 Å². The zero-order valence-electron chi connectivity index (χ0n) is 22.8. The molecule has 2 aromatic heterocycles. The van der Waals surface area contributed by atoms with Crippen molar-refractivity contribution in [2.45, 2.75) is 31.1 Å². The minimum absolute atomic E-state index is 0.0520. The van der Waals surface area contributed by atoms with E-state index in [0.29, 0.717) is 28.5 Å². The van der Waals surface area contributed by atoms with Gasteiger partial charge in [0.2, 0.25) is 0 Å². The maximum atomic E-state index is 14.7. The third-order valence-corrected chi connectivity index (χ3v) is 6.72. The largest absolute Gasteiger partial charge is 0.489 e. The molecule has 0 amide bonds. The number of nitrogens with zero attached hydrogens (tertiary/aromatic N) is 5. The molecule has 230 valence electrons. The van der Waals surface area contributed by atoms with Gasteiger partial charge in [-0.05, 0) is 76.7 Å². The van der Waals surface area contributed by atoms with Crippen LogP contribution in [0.3, 0.4) is 0 Å². The Hall–Kier alpha value is -5.29. The number of ether oxygens (including phenoxy) is 1. The first-order valence-corrected chi connectivity index (χ1v) is 13.0. The van der Waals surface area contributed by atoms with E-state index in [1.165, 1.54) is 24.4 Å². The van der Waals surface area contributed by atoms with E-state index in [1.54, 1.807) is 24.3 Å². The first-order chi connectivity index (χ1) is 21.6. The van der Waals surface area contributed by atoms with Gasteiger partial charge < -0.3 is 9.84 Å². The monoisotopic (exact) mass is 627 g/mol. The number of aliphatic hydroxyl groups is 1. The van der Waals surface area contributed by atoms with E-state index in [0.717, 1.165) is 35.3 Å². The van der Waals surface area contributed by atoms with Crippen LogP contribution in [-0.4, -0.2) is 36.7 Å². The molecule has 2 unspecified atom stereocenters. The fraction of sp³-hybridized carbons (Fsp3) is 0.161. The molecule has 5 rings (SSSR count). The second-order valence-electron chi connectivity index (χ2n) is 9.63. The summed E-state index contributed by atoms with van der Waals surface area (Å²) in [6, 6.07) is 12.6. The molecule has 2 atom stereocenters. The zero-order chi connectivity index (χ0) is 32.1. The molecule has 0 aliphatic carbocycles. The molecule has 0 radical (unpaired) electrons. The first kappa shape index (κ1) is 31.1. The molecule has 2 heterocycles. The standard InChI is InChI=1S/C31H20F7N5O2/c32-21-7-11-24(26(34)14-21)31(44,30(37)38)28(43-17-40-41-42-43)27-12-6-19(15-39-27)2-1-18-3-8-22(9-4-18)45-16-20-5-10-23(29(35)36)25(33)13-20/h3-15,17,28-30,44H,16H2. The Morgan fingerprint density at radius 2 is 1.58 bits per heavy atom. The highest BCUT2D eigenvalue weighted by Gasteiger charge is 2.52. The van der Waals surface area contributed by atoms with Gasteiger partial charge in [0.1, 0.15) is 42.2 Å². The highest BCUT2D eigenvalue weighted by Crippen LogP contribution is 2.43. The number of hydrogen-bond acceptors (Lipinski definition) is 6. The molecule has 0 spiro atoms. The molecule has 0 bridgehead atoms. The predicted molar refractivity (Wildman–Crippen MR) is 145 cm³/mol. The van der Waals surface area contributed by atoms with Crippen molar-refractivity contribution in [3.8, 4) is 17.6 Å². The number of hydrogen-bond donors (Lipinski definition) is 1. The molecule has 0 saturated carbocycles. The Balaban J connectivity index is 1.33. The lowest BCUT2D eigenvalue weighted by Gasteiger charge is -2.35. The van der Waals surface area contributed by atoms with Crippen LogP contribution in [0.2, 0.25) is 0 Å². The Kier molecular flexibility index (Phi) is 9.10. The van der Waals surface area contributed by atoms with Crippen LogP contribution in [0.15, 0.2) is 85.3 Å². The molecule has 0 saturated heterocycles. The van der Waals surface area contributed by atoms with E-state index in [2.05, 4.69) is 32.4 Å². The summed E-state index contributed by atoms with van der Waals surface area (Å²) < 4.78 is 103. The van der Waals surface area contributed by atoms with E-state index >= 15 is 0 Å². The van der Waals surface area contributed by atoms with Crippen LogP contribution in [0.5, 0.6) is 5.75 Å². The van der Waals surface area contributed by atoms with Crippen molar-refractivity contribution < 1.29 is 40.6 Å². The van der Waals surface area contributed by atoms with Gasteiger partial charge in [-0.25, -0.2) is 35.4 Å². The van der Waals surface area contributed by atoms with Gasteiger partial charge in [0.05, 0.1) is 11.3 Å². The van der Waals surface area contributed by atoms with Crippen molar-refractivity contribution >= 4 is 0 Å². The number of rotatable bonds is 9. The number of halogens is 7. The molecular formula is C31H20F7N5O2. The molecule has 1 N–H and O–H groups in total. The van der Waals surface area contributed by atoms with Gasteiger partial charge in [-0.15, -0.1) is 5.10 Å². The van der Waals surface area contributed by atoms with Gasteiger partial charge in [0.15, 0.2) is 5.60 Å². The van der Waals surface area contributed by atoms with Crippen LogP contribution in [0.1, 0.15) is 46.0 Å². The highest BCUT2D eigenvalue weighted by molar-refractivity contribution is 5.44. The molecule has 7 nitrogen and oxygen atoms in total. The van der Waals surface area contributed by atoms with Crippen LogP contribution in [0, 0.1) is 29.3 Å². The summed E-state index contributed by atoms with van der Waals surface area (Å²) in [6.45, 7) is -0.0520. The third kappa shape index (κ3) is 6.78. The van der Waals surface area contributed by atoms with Crippen molar-refractivity contribution in [3.05, 3.63) is 136 Å². The van der Waals surface area contributed by atoms with E-state index < -0.39 is 53.1 Å². The lowest BCUT2D eigenvalue weighted by molar-refractivity contribution is -0.131. The average Bonchev–Trinajstić information content (AvgIpc) is 3.54. The topological polar surface area (TPSA) is 86.0 Å². The Morgan fingerprint density at radius 3 is 2.18 bits per heavy atom. The van der Waals surface area contributed by atoms with Crippen molar-refractivity contribution in [2.24, 2.45) is 0 Å². The van der Waals surface area contributed by atoms with E-state index in [9.17, 15) is 35.8 Å². The number of alkyl halides is 4.